The Morgan fingerprint density at radius 2 is 1.85 bits per heavy atom. The minimum atomic E-state index is -3.93. The second kappa shape index (κ2) is 10.5. The Labute approximate surface area is 203 Å². The highest BCUT2D eigenvalue weighted by atomic mass is 32.2. The van der Waals surface area contributed by atoms with E-state index in [-0.39, 0.29) is 4.90 Å². The summed E-state index contributed by atoms with van der Waals surface area (Å²) in [7, 11) is -3.93. The normalized spacial score (nSPS) is 15.0. The molecule has 1 aliphatic rings. The molecule has 1 aromatic heterocycles. The predicted octanol–water partition coefficient (Wildman–Crippen LogP) is 3.58. The van der Waals surface area contributed by atoms with Crippen molar-refractivity contribution in [1.82, 2.24) is 9.88 Å². The molecule has 10 heteroatoms. The summed E-state index contributed by atoms with van der Waals surface area (Å²) in [5.41, 5.74) is 2.97. The van der Waals surface area contributed by atoms with Crippen molar-refractivity contribution in [3.63, 3.8) is 0 Å². The number of carbonyl (C=O) groups is 1. The van der Waals surface area contributed by atoms with Crippen molar-refractivity contribution >= 4 is 42.4 Å². The molecule has 0 atom stereocenters. The molecule has 7 nitrogen and oxygen atoms in total. The first-order valence-corrected chi connectivity index (χ1v) is 13.7. The third-order valence-electron chi connectivity index (χ3n) is 6.05. The number of benzene rings is 2. The number of amides is 1. The lowest BCUT2D eigenvalue weighted by molar-refractivity contribution is -0.116. The smallest absolute Gasteiger partial charge is 0.244 e. The van der Waals surface area contributed by atoms with E-state index in [0.29, 0.717) is 31.3 Å². The zero-order valence-corrected chi connectivity index (χ0v) is 20.9. The number of nitrogens with zero attached hydrogens (tertiary/aromatic N) is 3. The van der Waals surface area contributed by atoms with Crippen molar-refractivity contribution in [2.24, 2.45) is 0 Å². The summed E-state index contributed by atoms with van der Waals surface area (Å²) in [5.74, 6) is -1.78. The molecule has 1 aliphatic heterocycles. The van der Waals surface area contributed by atoms with Crippen LogP contribution in [-0.2, 0) is 19.4 Å². The molecule has 182 valence electrons. The van der Waals surface area contributed by atoms with Crippen LogP contribution in [0.2, 0.25) is 0 Å². The van der Waals surface area contributed by atoms with Crippen molar-refractivity contribution in [2.75, 3.05) is 50.0 Å². The number of fused-ring (bicyclic) bond motifs is 1. The fourth-order valence-corrected chi connectivity index (χ4v) is 6.17. The molecule has 1 saturated heterocycles. The van der Waals surface area contributed by atoms with E-state index in [9.17, 15) is 17.6 Å². The number of anilines is 1. The van der Waals surface area contributed by atoms with Crippen molar-refractivity contribution < 1.29 is 22.3 Å². The lowest BCUT2D eigenvalue weighted by Crippen LogP contribution is -2.40. The third-order valence-corrected chi connectivity index (χ3v) is 8.71. The second-order valence-corrected chi connectivity index (χ2v) is 11.4. The fourth-order valence-electron chi connectivity index (χ4n) is 3.90. The van der Waals surface area contributed by atoms with Gasteiger partial charge in [-0.05, 0) is 61.7 Å². The molecule has 1 amide bonds. The number of aromatic nitrogens is 1. The number of hydrogen-bond donors (Lipinski definition) is 0. The van der Waals surface area contributed by atoms with Crippen LogP contribution in [0.4, 0.5) is 9.52 Å². The van der Waals surface area contributed by atoms with Crippen LogP contribution >= 0.6 is 11.3 Å². The van der Waals surface area contributed by atoms with Gasteiger partial charge in [0.1, 0.15) is 11.6 Å². The zero-order valence-electron chi connectivity index (χ0n) is 19.3. The molecule has 4 rings (SSSR count). The monoisotopic (exact) mass is 505 g/mol. The van der Waals surface area contributed by atoms with Gasteiger partial charge < -0.3 is 4.74 Å². The van der Waals surface area contributed by atoms with Gasteiger partial charge in [-0.3, -0.25) is 14.6 Å². The molecule has 0 unspecified atom stereocenters. The Morgan fingerprint density at radius 1 is 1.15 bits per heavy atom. The van der Waals surface area contributed by atoms with Crippen LogP contribution < -0.4 is 4.90 Å². The largest absolute Gasteiger partial charge is 0.379 e. The third kappa shape index (κ3) is 5.63. The van der Waals surface area contributed by atoms with E-state index in [2.05, 4.69) is 4.90 Å². The number of morpholine rings is 1. The maximum absolute atomic E-state index is 13.3. The number of rotatable bonds is 8. The molecular formula is C24H28FN3O4S2. The maximum Gasteiger partial charge on any atom is 0.244 e. The van der Waals surface area contributed by atoms with Crippen molar-refractivity contribution in [3.05, 3.63) is 53.3 Å². The molecular weight excluding hydrogens is 477 g/mol. The lowest BCUT2D eigenvalue weighted by Gasteiger charge is -2.27. The van der Waals surface area contributed by atoms with E-state index in [1.807, 2.05) is 26.0 Å². The number of halogens is 1. The van der Waals surface area contributed by atoms with Crippen molar-refractivity contribution in [1.29, 1.82) is 0 Å². The van der Waals surface area contributed by atoms with Crippen LogP contribution in [0.15, 0.2) is 41.3 Å². The molecule has 0 aliphatic carbocycles. The first-order valence-electron chi connectivity index (χ1n) is 11.2. The van der Waals surface area contributed by atoms with Gasteiger partial charge in [0.15, 0.2) is 15.0 Å². The molecule has 2 aromatic carbocycles. The highest BCUT2D eigenvalue weighted by molar-refractivity contribution is 7.92. The summed E-state index contributed by atoms with van der Waals surface area (Å²) >= 11 is 1.38. The van der Waals surface area contributed by atoms with Crippen molar-refractivity contribution in [3.8, 4) is 0 Å². The van der Waals surface area contributed by atoms with E-state index < -0.39 is 27.3 Å². The molecule has 0 spiro atoms. The van der Waals surface area contributed by atoms with Crippen LogP contribution in [0.1, 0.15) is 17.5 Å². The van der Waals surface area contributed by atoms with Crippen LogP contribution in [0, 0.1) is 19.7 Å². The Hall–Kier alpha value is -2.40. The van der Waals surface area contributed by atoms with Crippen LogP contribution in [0.3, 0.4) is 0 Å². The second-order valence-electron chi connectivity index (χ2n) is 8.42. The summed E-state index contributed by atoms with van der Waals surface area (Å²) in [6.45, 7) is 8.19. The average molecular weight is 506 g/mol. The van der Waals surface area contributed by atoms with Gasteiger partial charge in [0.2, 0.25) is 5.91 Å². The number of thiazole rings is 1. The standard InChI is InChI=1S/C24H28FN3O4S2/c1-17-4-9-21-23(18(17)2)26-24(33-21)28(11-3-10-27-12-14-32-15-13-27)22(29)16-34(30,31)20-7-5-19(25)6-8-20/h4-9H,3,10-16H2,1-2H3. The molecule has 3 aromatic rings. The number of hydrogen-bond acceptors (Lipinski definition) is 7. The maximum atomic E-state index is 13.3. The van der Waals surface area contributed by atoms with E-state index in [1.165, 1.54) is 28.4 Å². The minimum absolute atomic E-state index is 0.0775. The predicted molar refractivity (Wildman–Crippen MR) is 132 cm³/mol. The molecule has 1 fully saturated rings. The lowest BCUT2D eigenvalue weighted by atomic mass is 10.1. The van der Waals surface area contributed by atoms with E-state index in [1.54, 1.807) is 0 Å². The zero-order chi connectivity index (χ0) is 24.3. The topological polar surface area (TPSA) is 79.8 Å². The Kier molecular flexibility index (Phi) is 7.61. The number of sulfone groups is 1. The Morgan fingerprint density at radius 3 is 2.56 bits per heavy atom. The average Bonchev–Trinajstić information content (AvgIpc) is 3.24. The van der Waals surface area contributed by atoms with Gasteiger partial charge in [0, 0.05) is 26.2 Å². The molecule has 0 radical (unpaired) electrons. The Bertz CT molecular complexity index is 1270. The van der Waals surface area contributed by atoms with Gasteiger partial charge in [-0.2, -0.15) is 0 Å². The number of ether oxygens (including phenoxy) is 1. The Balaban J connectivity index is 1.58. The van der Waals surface area contributed by atoms with Gasteiger partial charge in [0.05, 0.1) is 28.3 Å². The molecule has 0 bridgehead atoms. The molecule has 34 heavy (non-hydrogen) atoms. The highest BCUT2D eigenvalue weighted by Gasteiger charge is 2.27. The summed E-state index contributed by atoms with van der Waals surface area (Å²) in [5, 5.41) is 0.491. The summed E-state index contributed by atoms with van der Waals surface area (Å²) in [4.78, 5) is 21.7. The quantitative estimate of drug-likeness (QED) is 0.436. The first kappa shape index (κ1) is 24.7. The van der Waals surface area contributed by atoms with Crippen LogP contribution in [0.5, 0.6) is 0 Å². The fraction of sp³-hybridized carbons (Fsp3) is 0.417. The molecule has 0 N–H and O–H groups in total. The van der Waals surface area contributed by atoms with Crippen LogP contribution in [-0.4, -0.2) is 69.4 Å². The minimum Gasteiger partial charge on any atom is -0.379 e. The summed E-state index contributed by atoms with van der Waals surface area (Å²) in [6.07, 6.45) is 0.677. The van der Waals surface area contributed by atoms with Gasteiger partial charge in [-0.1, -0.05) is 17.4 Å². The number of aryl methyl sites for hydroxylation is 2. The SMILES string of the molecule is Cc1ccc2sc(N(CCCN3CCOCC3)C(=O)CS(=O)(=O)c3ccc(F)cc3)nc2c1C. The van der Waals surface area contributed by atoms with E-state index >= 15 is 0 Å². The van der Waals surface area contributed by atoms with Crippen molar-refractivity contribution in [2.45, 2.75) is 25.2 Å². The molecule has 0 saturated carbocycles. The van der Waals surface area contributed by atoms with E-state index in [0.717, 1.165) is 53.1 Å². The van der Waals surface area contributed by atoms with Gasteiger partial charge in [-0.15, -0.1) is 0 Å². The van der Waals surface area contributed by atoms with Gasteiger partial charge in [-0.25, -0.2) is 17.8 Å². The first-order chi connectivity index (χ1) is 16.2. The van der Waals surface area contributed by atoms with Crippen LogP contribution in [0.25, 0.3) is 10.2 Å². The van der Waals surface area contributed by atoms with Gasteiger partial charge in [0.25, 0.3) is 0 Å². The summed E-state index contributed by atoms with van der Waals surface area (Å²) in [6, 6.07) is 8.52. The number of carbonyl (C=O) groups excluding carboxylic acids is 1. The summed E-state index contributed by atoms with van der Waals surface area (Å²) < 4.78 is 45.3. The van der Waals surface area contributed by atoms with E-state index in [4.69, 9.17) is 9.72 Å². The highest BCUT2D eigenvalue weighted by Crippen LogP contribution is 2.32. The van der Waals surface area contributed by atoms with Gasteiger partial charge >= 0.3 is 0 Å². The molecule has 2 heterocycles.